The number of hydrogen-bond acceptors (Lipinski definition) is 7. The number of hydrogen-bond donors (Lipinski definition) is 2. The van der Waals surface area contributed by atoms with Crippen LogP contribution in [0.5, 0.6) is 5.75 Å². The van der Waals surface area contributed by atoms with Crippen molar-refractivity contribution < 1.29 is 13.9 Å². The number of rotatable bonds is 4. The molecule has 21 heavy (non-hydrogen) atoms. The van der Waals surface area contributed by atoms with Gasteiger partial charge in [0.1, 0.15) is 5.75 Å². The van der Waals surface area contributed by atoms with Crippen molar-refractivity contribution in [3.63, 3.8) is 0 Å². The van der Waals surface area contributed by atoms with Crippen molar-refractivity contribution in [3.8, 4) is 5.75 Å². The summed E-state index contributed by atoms with van der Waals surface area (Å²) in [6.45, 7) is 0.933. The quantitative estimate of drug-likeness (QED) is 0.870. The third-order valence-electron chi connectivity index (χ3n) is 3.27. The van der Waals surface area contributed by atoms with E-state index in [1.165, 1.54) is 19.5 Å². The van der Waals surface area contributed by atoms with Gasteiger partial charge in [-0.1, -0.05) is 5.10 Å². The number of pyridine rings is 1. The van der Waals surface area contributed by atoms with Gasteiger partial charge in [0.2, 0.25) is 5.89 Å². The summed E-state index contributed by atoms with van der Waals surface area (Å²) in [6, 6.07) is 1.70. The fraction of sp³-hybridized carbons (Fsp3) is 0.385. The van der Waals surface area contributed by atoms with E-state index in [4.69, 9.17) is 9.15 Å². The summed E-state index contributed by atoms with van der Waals surface area (Å²) in [5.41, 5.74) is 0.353. The predicted molar refractivity (Wildman–Crippen MR) is 73.0 cm³/mol. The zero-order valence-electron chi connectivity index (χ0n) is 11.5. The molecule has 8 nitrogen and oxygen atoms in total. The normalized spacial score (nSPS) is 17.7. The van der Waals surface area contributed by atoms with E-state index in [9.17, 15) is 4.79 Å². The summed E-state index contributed by atoms with van der Waals surface area (Å²) >= 11 is 0. The van der Waals surface area contributed by atoms with E-state index in [-0.39, 0.29) is 18.0 Å². The van der Waals surface area contributed by atoms with Crippen LogP contribution in [0.3, 0.4) is 0 Å². The molecule has 2 N–H and O–H groups in total. The molecule has 1 atom stereocenters. The summed E-state index contributed by atoms with van der Waals surface area (Å²) in [4.78, 5) is 16.1. The van der Waals surface area contributed by atoms with E-state index in [1.54, 1.807) is 6.07 Å². The smallest absolute Gasteiger partial charge is 0.322 e. The first-order valence-corrected chi connectivity index (χ1v) is 6.64. The second-order valence-electron chi connectivity index (χ2n) is 4.62. The maximum absolute atomic E-state index is 12.2. The van der Waals surface area contributed by atoms with Gasteiger partial charge in [0.15, 0.2) is 0 Å². The Hall–Kier alpha value is -2.48. The van der Waals surface area contributed by atoms with Gasteiger partial charge in [0.05, 0.1) is 24.9 Å². The monoisotopic (exact) mass is 289 g/mol. The molecular formula is C13H15N5O3. The zero-order chi connectivity index (χ0) is 14.7. The first-order valence-electron chi connectivity index (χ1n) is 6.64. The van der Waals surface area contributed by atoms with Gasteiger partial charge < -0.3 is 14.5 Å². The number of carbonyl (C=O) groups excluding carboxylic acids is 1. The minimum atomic E-state index is -0.385. The third kappa shape index (κ3) is 2.84. The molecule has 0 spiro atoms. The number of anilines is 1. The molecule has 1 unspecified atom stereocenters. The van der Waals surface area contributed by atoms with Gasteiger partial charge in [-0.25, -0.2) is 0 Å². The van der Waals surface area contributed by atoms with Crippen LogP contribution >= 0.6 is 0 Å². The molecule has 1 saturated heterocycles. The Labute approximate surface area is 120 Å². The largest absolute Gasteiger partial charge is 0.494 e. The molecule has 110 valence electrons. The van der Waals surface area contributed by atoms with Crippen LogP contribution in [0.4, 0.5) is 6.01 Å². The first kappa shape index (κ1) is 13.5. The highest BCUT2D eigenvalue weighted by atomic mass is 16.5. The number of nitrogens with zero attached hydrogens (tertiary/aromatic N) is 3. The first-order chi connectivity index (χ1) is 10.3. The van der Waals surface area contributed by atoms with Gasteiger partial charge in [-0.2, -0.15) is 0 Å². The Morgan fingerprint density at radius 2 is 2.43 bits per heavy atom. The SMILES string of the molecule is COc1cnccc1C(=O)Nc1nnc(C2CCCN2)o1. The lowest BCUT2D eigenvalue weighted by atomic mass is 10.2. The molecule has 1 fully saturated rings. The highest BCUT2D eigenvalue weighted by Gasteiger charge is 2.23. The fourth-order valence-corrected chi connectivity index (χ4v) is 2.22. The second-order valence-corrected chi connectivity index (χ2v) is 4.62. The van der Waals surface area contributed by atoms with Gasteiger partial charge in [-0.15, -0.1) is 5.10 Å². The van der Waals surface area contributed by atoms with Crippen molar-refractivity contribution in [2.45, 2.75) is 18.9 Å². The number of ether oxygens (including phenoxy) is 1. The molecule has 1 aliphatic heterocycles. The number of nitrogens with one attached hydrogen (secondary N) is 2. The highest BCUT2D eigenvalue weighted by Crippen LogP contribution is 2.23. The van der Waals surface area contributed by atoms with E-state index in [0.717, 1.165) is 19.4 Å². The summed E-state index contributed by atoms with van der Waals surface area (Å²) in [7, 11) is 1.48. The Morgan fingerprint density at radius 3 is 3.19 bits per heavy atom. The Bertz CT molecular complexity index is 636. The topological polar surface area (TPSA) is 102 Å². The van der Waals surface area contributed by atoms with Crippen LogP contribution in [0, 0.1) is 0 Å². The van der Waals surface area contributed by atoms with E-state index in [2.05, 4.69) is 25.8 Å². The van der Waals surface area contributed by atoms with Crippen molar-refractivity contribution in [1.82, 2.24) is 20.5 Å². The number of methoxy groups -OCH3 is 1. The van der Waals surface area contributed by atoms with Crippen LogP contribution < -0.4 is 15.4 Å². The minimum Gasteiger partial charge on any atom is -0.494 e. The molecule has 3 heterocycles. The molecule has 2 aromatic heterocycles. The summed E-state index contributed by atoms with van der Waals surface area (Å²) in [5, 5.41) is 13.6. The lowest BCUT2D eigenvalue weighted by Crippen LogP contribution is -2.14. The lowest BCUT2D eigenvalue weighted by Gasteiger charge is -2.06. The Morgan fingerprint density at radius 1 is 1.52 bits per heavy atom. The van der Waals surface area contributed by atoms with Crippen LogP contribution in [0.15, 0.2) is 22.9 Å². The van der Waals surface area contributed by atoms with Crippen molar-refractivity contribution >= 4 is 11.9 Å². The molecule has 8 heteroatoms. The molecule has 0 aliphatic carbocycles. The van der Waals surface area contributed by atoms with Gasteiger partial charge in [-0.05, 0) is 25.5 Å². The van der Waals surface area contributed by atoms with Gasteiger partial charge in [-0.3, -0.25) is 15.1 Å². The molecule has 2 aromatic rings. The van der Waals surface area contributed by atoms with Crippen LogP contribution in [-0.2, 0) is 0 Å². The summed E-state index contributed by atoms with van der Waals surface area (Å²) in [6.07, 6.45) is 5.01. The zero-order valence-corrected chi connectivity index (χ0v) is 11.5. The van der Waals surface area contributed by atoms with Crippen molar-refractivity contribution in [2.75, 3.05) is 19.0 Å². The molecule has 1 amide bonds. The number of carbonyl (C=O) groups is 1. The van der Waals surface area contributed by atoms with Crippen LogP contribution in [0.25, 0.3) is 0 Å². The molecule has 0 radical (unpaired) electrons. The molecule has 0 bridgehead atoms. The Kier molecular flexibility index (Phi) is 3.78. The molecule has 0 aromatic carbocycles. The Balaban J connectivity index is 1.72. The maximum Gasteiger partial charge on any atom is 0.322 e. The maximum atomic E-state index is 12.2. The minimum absolute atomic E-state index is 0.0682. The average Bonchev–Trinajstić information content (AvgIpc) is 3.17. The van der Waals surface area contributed by atoms with Crippen LogP contribution in [0.2, 0.25) is 0 Å². The highest BCUT2D eigenvalue weighted by molar-refractivity contribution is 6.04. The predicted octanol–water partition coefficient (Wildman–Crippen LogP) is 1.15. The summed E-state index contributed by atoms with van der Waals surface area (Å²) < 4.78 is 10.6. The number of aromatic nitrogens is 3. The lowest BCUT2D eigenvalue weighted by molar-refractivity contribution is 0.102. The molecule has 1 aliphatic rings. The third-order valence-corrected chi connectivity index (χ3v) is 3.27. The standard InChI is InChI=1S/C13H15N5O3/c1-20-10-7-14-6-4-8(10)11(19)16-13-18-17-12(21-13)9-3-2-5-15-9/h4,6-7,9,15H,2-3,5H2,1H3,(H,16,18,19). The van der Waals surface area contributed by atoms with Crippen molar-refractivity contribution in [1.29, 1.82) is 0 Å². The van der Waals surface area contributed by atoms with Gasteiger partial charge >= 0.3 is 6.01 Å². The van der Waals surface area contributed by atoms with Gasteiger partial charge in [0.25, 0.3) is 5.91 Å². The van der Waals surface area contributed by atoms with E-state index in [1.807, 2.05) is 0 Å². The van der Waals surface area contributed by atoms with E-state index >= 15 is 0 Å². The molecule has 3 rings (SSSR count). The van der Waals surface area contributed by atoms with Crippen LogP contribution in [0.1, 0.15) is 35.1 Å². The molecular weight excluding hydrogens is 274 g/mol. The second kappa shape index (κ2) is 5.88. The molecule has 0 saturated carbocycles. The number of amides is 1. The van der Waals surface area contributed by atoms with Gasteiger partial charge in [0, 0.05) is 6.20 Å². The van der Waals surface area contributed by atoms with Crippen LogP contribution in [-0.4, -0.2) is 34.7 Å². The average molecular weight is 289 g/mol. The fourth-order valence-electron chi connectivity index (χ4n) is 2.22. The van der Waals surface area contributed by atoms with Crippen molar-refractivity contribution in [3.05, 3.63) is 29.9 Å². The van der Waals surface area contributed by atoms with E-state index < -0.39 is 0 Å². The summed E-state index contributed by atoms with van der Waals surface area (Å²) in [5.74, 6) is 0.487. The van der Waals surface area contributed by atoms with E-state index in [0.29, 0.717) is 17.2 Å². The van der Waals surface area contributed by atoms with Crippen molar-refractivity contribution in [2.24, 2.45) is 0 Å².